The Labute approximate surface area is 203 Å². The highest BCUT2D eigenvalue weighted by atomic mass is 32.1. The summed E-state index contributed by atoms with van der Waals surface area (Å²) < 4.78 is 42.4. The molecule has 5 N–H and O–H groups in total. The number of alkyl halides is 3. The van der Waals surface area contributed by atoms with Gasteiger partial charge in [0.25, 0.3) is 0 Å². The molecular weight excluding hydrogens is 487 g/mol. The molecule has 0 aliphatic heterocycles. The highest BCUT2D eigenvalue weighted by molar-refractivity contribution is 7.21. The first-order chi connectivity index (χ1) is 16.7. The normalized spacial score (nSPS) is 22.6. The molecule has 0 amide bonds. The lowest BCUT2D eigenvalue weighted by Gasteiger charge is -2.21. The zero-order chi connectivity index (χ0) is 25.2. The molecule has 4 atom stereocenters. The van der Waals surface area contributed by atoms with Crippen LogP contribution in [0.3, 0.4) is 0 Å². The molecule has 1 fully saturated rings. The number of para-hydroxylation sites is 1. The number of benzene rings is 1. The van der Waals surface area contributed by atoms with Crippen LogP contribution >= 0.6 is 11.3 Å². The molecule has 2 aromatic heterocycles. The van der Waals surface area contributed by atoms with Crippen molar-refractivity contribution < 1.29 is 33.2 Å². The molecule has 4 rings (SSSR count). The van der Waals surface area contributed by atoms with E-state index < -0.39 is 37.0 Å². The largest absolute Gasteiger partial charge is 0.411 e. The first kappa shape index (κ1) is 25.5. The number of halogens is 3. The Morgan fingerprint density at radius 2 is 1.91 bits per heavy atom. The van der Waals surface area contributed by atoms with Gasteiger partial charge in [0.05, 0.1) is 40.2 Å². The number of thiazole rings is 1. The minimum absolute atomic E-state index is 0.0484. The van der Waals surface area contributed by atoms with Gasteiger partial charge in [-0.3, -0.25) is 0 Å². The van der Waals surface area contributed by atoms with Gasteiger partial charge in [-0.15, -0.1) is 11.3 Å². The molecule has 35 heavy (non-hydrogen) atoms. The van der Waals surface area contributed by atoms with Crippen LogP contribution in [0.5, 0.6) is 0 Å². The zero-order valence-electron chi connectivity index (χ0n) is 18.8. The number of nitrogens with one attached hydrogen (secondary N) is 2. The smallest absolute Gasteiger partial charge is 0.396 e. The lowest BCUT2D eigenvalue weighted by atomic mass is 10.1. The van der Waals surface area contributed by atoms with Gasteiger partial charge in [0, 0.05) is 19.1 Å². The third-order valence-corrected chi connectivity index (χ3v) is 6.81. The molecule has 1 saturated carbocycles. The average Bonchev–Trinajstić information content (AvgIpc) is 3.34. The van der Waals surface area contributed by atoms with E-state index in [0.717, 1.165) is 10.2 Å². The Bertz CT molecular complexity index is 1130. The van der Waals surface area contributed by atoms with Crippen LogP contribution < -0.4 is 10.6 Å². The monoisotopic (exact) mass is 513 g/mol. The van der Waals surface area contributed by atoms with Gasteiger partial charge < -0.3 is 30.7 Å². The number of aliphatic hydroxyl groups excluding tert-OH is 3. The second-order valence-electron chi connectivity index (χ2n) is 8.35. The number of nitrogens with zero attached hydrogens (tertiary/aromatic N) is 3. The molecular formula is C22H26F3N5O4S. The van der Waals surface area contributed by atoms with Crippen LogP contribution in [0, 0.1) is 12.8 Å². The Morgan fingerprint density at radius 1 is 1.14 bits per heavy atom. The SMILES string of the molecule is Cc1nc(NCCOCC(F)(F)F)nc(N[C@@H]2C[C@H](CO)[C@@H](O)[C@H]2O)c1-c1nc2ccccc2s1. The number of aryl methyl sites for hydroxylation is 1. The van der Waals surface area contributed by atoms with Gasteiger partial charge in [0.15, 0.2) is 0 Å². The molecule has 3 aromatic rings. The maximum atomic E-state index is 12.3. The first-order valence-electron chi connectivity index (χ1n) is 11.0. The summed E-state index contributed by atoms with van der Waals surface area (Å²) in [6.45, 7) is -0.000641. The summed E-state index contributed by atoms with van der Waals surface area (Å²) in [7, 11) is 0. The Hall–Kier alpha value is -2.58. The van der Waals surface area contributed by atoms with Crippen LogP contribution in [0.1, 0.15) is 12.1 Å². The second kappa shape index (κ2) is 10.6. The third-order valence-electron chi connectivity index (χ3n) is 5.75. The second-order valence-corrected chi connectivity index (χ2v) is 9.38. The predicted molar refractivity (Wildman–Crippen MR) is 125 cm³/mol. The molecule has 190 valence electrons. The number of hydrogen-bond acceptors (Lipinski definition) is 10. The first-order valence-corrected chi connectivity index (χ1v) is 11.8. The van der Waals surface area contributed by atoms with Crippen molar-refractivity contribution in [3.8, 4) is 10.6 Å². The fourth-order valence-electron chi connectivity index (χ4n) is 4.04. The maximum absolute atomic E-state index is 12.3. The number of rotatable bonds is 9. The Kier molecular flexibility index (Phi) is 7.71. The van der Waals surface area contributed by atoms with Crippen LogP contribution in [0.4, 0.5) is 24.9 Å². The van der Waals surface area contributed by atoms with Gasteiger partial charge >= 0.3 is 6.18 Å². The van der Waals surface area contributed by atoms with E-state index in [2.05, 4.69) is 30.3 Å². The number of aromatic nitrogens is 3. The lowest BCUT2D eigenvalue weighted by molar-refractivity contribution is -0.172. The van der Waals surface area contributed by atoms with Crippen LogP contribution in [0.15, 0.2) is 24.3 Å². The summed E-state index contributed by atoms with van der Waals surface area (Å²) in [6.07, 6.45) is -6.30. The summed E-state index contributed by atoms with van der Waals surface area (Å²) in [6, 6.07) is 7.03. The Morgan fingerprint density at radius 3 is 2.60 bits per heavy atom. The van der Waals surface area contributed by atoms with Gasteiger partial charge in [-0.1, -0.05) is 12.1 Å². The number of ether oxygens (including phenoxy) is 1. The summed E-state index contributed by atoms with van der Waals surface area (Å²) >= 11 is 1.45. The molecule has 0 radical (unpaired) electrons. The summed E-state index contributed by atoms with van der Waals surface area (Å²) in [5.74, 6) is 0.0297. The number of hydrogen-bond donors (Lipinski definition) is 5. The van der Waals surface area contributed by atoms with Crippen LogP contribution in [-0.4, -0.2) is 81.1 Å². The summed E-state index contributed by atoms with van der Waals surface area (Å²) in [5, 5.41) is 36.9. The van der Waals surface area contributed by atoms with Crippen molar-refractivity contribution in [2.75, 3.05) is 37.0 Å². The van der Waals surface area contributed by atoms with E-state index in [1.165, 1.54) is 11.3 Å². The van der Waals surface area contributed by atoms with Crippen LogP contribution in [-0.2, 0) is 4.74 Å². The molecule has 2 heterocycles. The number of anilines is 2. The van der Waals surface area contributed by atoms with Crippen molar-refractivity contribution in [1.29, 1.82) is 0 Å². The molecule has 1 aliphatic rings. The van der Waals surface area contributed by atoms with Crippen molar-refractivity contribution in [3.05, 3.63) is 30.0 Å². The van der Waals surface area contributed by atoms with E-state index in [9.17, 15) is 28.5 Å². The molecule has 0 bridgehead atoms. The summed E-state index contributed by atoms with van der Waals surface area (Å²) in [5.41, 5.74) is 1.98. The van der Waals surface area contributed by atoms with Gasteiger partial charge in [-0.25, -0.2) is 9.97 Å². The molecule has 1 aromatic carbocycles. The topological polar surface area (TPSA) is 133 Å². The molecule has 0 spiro atoms. The lowest BCUT2D eigenvalue weighted by Crippen LogP contribution is -2.35. The molecule has 0 unspecified atom stereocenters. The maximum Gasteiger partial charge on any atom is 0.411 e. The fraction of sp³-hybridized carbons (Fsp3) is 0.500. The zero-order valence-corrected chi connectivity index (χ0v) is 19.6. The van der Waals surface area contributed by atoms with Crippen molar-refractivity contribution in [3.63, 3.8) is 0 Å². The highest BCUT2D eigenvalue weighted by Gasteiger charge is 2.41. The van der Waals surface area contributed by atoms with Crippen molar-refractivity contribution in [2.45, 2.75) is 37.8 Å². The molecule has 13 heteroatoms. The average molecular weight is 514 g/mol. The van der Waals surface area contributed by atoms with Crippen LogP contribution in [0.25, 0.3) is 20.8 Å². The van der Waals surface area contributed by atoms with Gasteiger partial charge in [-0.05, 0) is 25.5 Å². The van der Waals surface area contributed by atoms with Crippen LogP contribution in [0.2, 0.25) is 0 Å². The number of aliphatic hydroxyl groups is 3. The Balaban J connectivity index is 1.61. The molecule has 9 nitrogen and oxygen atoms in total. The van der Waals surface area contributed by atoms with E-state index in [-0.39, 0.29) is 25.7 Å². The van der Waals surface area contributed by atoms with Gasteiger partial charge in [-0.2, -0.15) is 18.2 Å². The molecule has 0 saturated heterocycles. The van der Waals surface area contributed by atoms with E-state index in [1.807, 2.05) is 24.3 Å². The predicted octanol–water partition coefficient (Wildman–Crippen LogP) is 2.57. The van der Waals surface area contributed by atoms with E-state index >= 15 is 0 Å². The van der Waals surface area contributed by atoms with E-state index in [1.54, 1.807) is 6.92 Å². The van der Waals surface area contributed by atoms with Crippen molar-refractivity contribution in [1.82, 2.24) is 15.0 Å². The summed E-state index contributed by atoms with van der Waals surface area (Å²) in [4.78, 5) is 13.6. The fourth-order valence-corrected chi connectivity index (χ4v) is 5.10. The number of fused-ring (bicyclic) bond motifs is 1. The van der Waals surface area contributed by atoms with E-state index in [0.29, 0.717) is 28.5 Å². The highest BCUT2D eigenvalue weighted by Crippen LogP contribution is 2.38. The van der Waals surface area contributed by atoms with Gasteiger partial charge in [0.1, 0.15) is 23.5 Å². The minimum Gasteiger partial charge on any atom is -0.396 e. The van der Waals surface area contributed by atoms with Gasteiger partial charge in [0.2, 0.25) is 5.95 Å². The quantitative estimate of drug-likeness (QED) is 0.274. The minimum atomic E-state index is -4.40. The standard InChI is InChI=1S/C22H26F3N5O4S/c1-11-16(20-29-13-4-2-3-5-15(13)35-20)19(28-14-8-12(9-31)17(32)18(14)33)30-21(27-11)26-6-7-34-10-22(23,24)25/h2-5,12,14,17-18,31-33H,6-10H2,1H3,(H2,26,27,28,30)/t12-,14-,17-,18+/m1/s1. The van der Waals surface area contributed by atoms with Crippen molar-refractivity contribution >= 4 is 33.3 Å². The third kappa shape index (κ3) is 5.98. The van der Waals surface area contributed by atoms with Crippen molar-refractivity contribution in [2.24, 2.45) is 5.92 Å². The molecule has 1 aliphatic carbocycles. The van der Waals surface area contributed by atoms with E-state index in [4.69, 9.17) is 0 Å².